The molecule has 0 spiro atoms. The smallest absolute Gasteiger partial charge is 0.355 e. The summed E-state index contributed by atoms with van der Waals surface area (Å²) >= 11 is 0. The van der Waals surface area contributed by atoms with E-state index >= 15 is 0 Å². The van der Waals surface area contributed by atoms with Crippen LogP contribution in [0, 0.1) is 13.8 Å². The number of hydrogen-bond donors (Lipinski definition) is 2. The van der Waals surface area contributed by atoms with Crippen molar-refractivity contribution in [2.45, 2.75) is 40.2 Å². The van der Waals surface area contributed by atoms with Gasteiger partial charge in [0.2, 0.25) is 5.91 Å². The minimum Gasteiger partial charge on any atom is -0.462 e. The van der Waals surface area contributed by atoms with Gasteiger partial charge in [-0.3, -0.25) is 14.5 Å². The van der Waals surface area contributed by atoms with Crippen molar-refractivity contribution in [2.24, 2.45) is 0 Å². The van der Waals surface area contributed by atoms with Crippen LogP contribution >= 0.6 is 0 Å². The molecule has 1 aliphatic heterocycles. The molecule has 0 atom stereocenters. The largest absolute Gasteiger partial charge is 0.462 e. The molecule has 9 nitrogen and oxygen atoms in total. The second kappa shape index (κ2) is 8.25. The monoisotopic (exact) mass is 427 g/mol. The van der Waals surface area contributed by atoms with Crippen molar-refractivity contribution < 1.29 is 28.7 Å². The van der Waals surface area contributed by atoms with Crippen molar-refractivity contribution in [3.63, 3.8) is 0 Å². The van der Waals surface area contributed by atoms with Crippen LogP contribution in [0.25, 0.3) is 0 Å². The van der Waals surface area contributed by atoms with Crippen molar-refractivity contribution >= 4 is 35.1 Å². The second-order valence-corrected chi connectivity index (χ2v) is 7.68. The van der Waals surface area contributed by atoms with E-state index in [0.29, 0.717) is 22.6 Å². The van der Waals surface area contributed by atoms with Crippen molar-refractivity contribution in [1.82, 2.24) is 4.98 Å². The third-order valence-electron chi connectivity index (χ3n) is 5.21. The number of nitrogens with one attached hydrogen (secondary N) is 2. The van der Waals surface area contributed by atoms with Gasteiger partial charge < -0.3 is 19.8 Å². The van der Waals surface area contributed by atoms with Crippen LogP contribution in [0.2, 0.25) is 0 Å². The molecule has 0 bridgehead atoms. The van der Waals surface area contributed by atoms with E-state index in [0.717, 1.165) is 0 Å². The zero-order valence-corrected chi connectivity index (χ0v) is 18.1. The highest BCUT2D eigenvalue weighted by Gasteiger charge is 2.43. The number of amides is 2. The lowest BCUT2D eigenvalue weighted by atomic mass is 9.96. The van der Waals surface area contributed by atoms with Crippen molar-refractivity contribution in [3.8, 4) is 0 Å². The molecule has 0 saturated heterocycles. The summed E-state index contributed by atoms with van der Waals surface area (Å²) in [7, 11) is 0. The van der Waals surface area contributed by atoms with Gasteiger partial charge in [0.1, 0.15) is 11.2 Å². The molecule has 9 heteroatoms. The molecule has 1 aromatic heterocycles. The quantitative estimate of drug-likeness (QED) is 0.709. The number of anilines is 2. The molecule has 3 rings (SSSR count). The summed E-state index contributed by atoms with van der Waals surface area (Å²) in [6, 6.07) is 6.90. The second-order valence-electron chi connectivity index (χ2n) is 7.68. The number of carbonyl (C=O) groups excluding carboxylic acids is 4. The highest BCUT2D eigenvalue weighted by Crippen LogP contribution is 2.36. The first-order valence-corrected chi connectivity index (χ1v) is 9.86. The fraction of sp³-hybridized carbons (Fsp3) is 0.364. The maximum Gasteiger partial charge on any atom is 0.355 e. The summed E-state index contributed by atoms with van der Waals surface area (Å²) in [4.78, 5) is 54.4. The molecule has 164 valence electrons. The number of carbonyl (C=O) groups is 4. The van der Waals surface area contributed by atoms with E-state index in [9.17, 15) is 19.2 Å². The number of hydrogen-bond acceptors (Lipinski definition) is 6. The van der Waals surface area contributed by atoms with Crippen molar-refractivity contribution in [2.75, 3.05) is 23.4 Å². The lowest BCUT2D eigenvalue weighted by Crippen LogP contribution is -2.59. The minimum atomic E-state index is -1.17. The van der Waals surface area contributed by atoms with E-state index in [4.69, 9.17) is 9.47 Å². The molecule has 2 N–H and O–H groups in total. The van der Waals surface area contributed by atoms with Gasteiger partial charge >= 0.3 is 11.9 Å². The predicted molar refractivity (Wildman–Crippen MR) is 113 cm³/mol. The van der Waals surface area contributed by atoms with Crippen LogP contribution in [-0.2, 0) is 19.1 Å². The van der Waals surface area contributed by atoms with E-state index in [-0.39, 0.29) is 23.8 Å². The fourth-order valence-electron chi connectivity index (χ4n) is 3.63. The van der Waals surface area contributed by atoms with Gasteiger partial charge in [-0.2, -0.15) is 0 Å². The Labute approximate surface area is 179 Å². The Kier molecular flexibility index (Phi) is 5.88. The Morgan fingerprint density at radius 3 is 2.42 bits per heavy atom. The first-order chi connectivity index (χ1) is 14.6. The number of H-pyrrole nitrogens is 1. The molecular weight excluding hydrogens is 402 g/mol. The zero-order valence-electron chi connectivity index (χ0n) is 18.1. The van der Waals surface area contributed by atoms with Gasteiger partial charge in [0, 0.05) is 5.69 Å². The molecule has 1 aliphatic rings. The van der Waals surface area contributed by atoms with Crippen LogP contribution < -0.4 is 10.2 Å². The summed E-state index contributed by atoms with van der Waals surface area (Å²) in [5.41, 5.74) is 1.04. The van der Waals surface area contributed by atoms with Gasteiger partial charge in [0.15, 0.2) is 6.61 Å². The normalized spacial score (nSPS) is 14.5. The molecule has 0 unspecified atom stereocenters. The zero-order chi connectivity index (χ0) is 22.9. The molecule has 1 aromatic carbocycles. The number of aromatic amines is 1. The van der Waals surface area contributed by atoms with Crippen LogP contribution in [0.5, 0.6) is 0 Å². The van der Waals surface area contributed by atoms with E-state index in [1.54, 1.807) is 58.9 Å². The van der Waals surface area contributed by atoms with Crippen molar-refractivity contribution in [3.05, 3.63) is 46.8 Å². The van der Waals surface area contributed by atoms with Gasteiger partial charge in [-0.05, 0) is 52.3 Å². The molecule has 2 aromatic rings. The summed E-state index contributed by atoms with van der Waals surface area (Å²) in [5.74, 6) is -2.22. The molecule has 2 heterocycles. The number of benzene rings is 1. The summed E-state index contributed by atoms with van der Waals surface area (Å²) in [5, 5.41) is 2.77. The van der Waals surface area contributed by atoms with Crippen LogP contribution in [-0.4, -0.2) is 47.5 Å². The Bertz CT molecular complexity index is 1070. The first kappa shape index (κ1) is 22.1. The number of aryl methyl sites for hydroxylation is 1. The molecule has 0 aliphatic carbocycles. The van der Waals surface area contributed by atoms with E-state index in [2.05, 4.69) is 10.3 Å². The maximum atomic E-state index is 13.0. The summed E-state index contributed by atoms with van der Waals surface area (Å²) < 4.78 is 10.2. The number of aromatic nitrogens is 1. The summed E-state index contributed by atoms with van der Waals surface area (Å²) in [6.07, 6.45) is 0. The molecule has 0 saturated carbocycles. The fourth-order valence-corrected chi connectivity index (χ4v) is 3.63. The molecule has 31 heavy (non-hydrogen) atoms. The number of fused-ring (bicyclic) bond motifs is 1. The number of rotatable bonds is 5. The molecule has 0 fully saturated rings. The lowest BCUT2D eigenvalue weighted by Gasteiger charge is -2.41. The standard InChI is InChI=1S/C22H25N3O6/c1-6-30-19(27)17-12(2)18(23-13(17)3)20(28)31-11-16(26)25-15-10-8-7-9-14(15)24-21(29)22(25,4)5/h7-10,23H,6,11H2,1-5H3,(H,24,29). The van der Waals surface area contributed by atoms with Crippen LogP contribution in [0.4, 0.5) is 11.4 Å². The Balaban J connectivity index is 1.80. The SMILES string of the molecule is CCOC(=O)c1c(C)[nH]c(C(=O)OCC(=O)N2c3ccccc3NC(=O)C2(C)C)c1C. The van der Waals surface area contributed by atoms with Gasteiger partial charge in [-0.25, -0.2) is 9.59 Å². The first-order valence-electron chi connectivity index (χ1n) is 9.86. The minimum absolute atomic E-state index is 0.0735. The average molecular weight is 427 g/mol. The Hall–Kier alpha value is -3.62. The van der Waals surface area contributed by atoms with Crippen LogP contribution in [0.1, 0.15) is 52.9 Å². The Morgan fingerprint density at radius 1 is 1.06 bits per heavy atom. The maximum absolute atomic E-state index is 13.0. The third kappa shape index (κ3) is 3.90. The molecule has 0 radical (unpaired) electrons. The van der Waals surface area contributed by atoms with E-state index < -0.39 is 30.0 Å². The predicted octanol–water partition coefficient (Wildman–Crippen LogP) is 2.73. The van der Waals surface area contributed by atoms with Gasteiger partial charge in [0.25, 0.3) is 5.91 Å². The molecule has 2 amide bonds. The van der Waals surface area contributed by atoms with Gasteiger partial charge in [0.05, 0.1) is 23.5 Å². The van der Waals surface area contributed by atoms with Gasteiger partial charge in [-0.1, -0.05) is 12.1 Å². The number of esters is 2. The van der Waals surface area contributed by atoms with Crippen LogP contribution in [0.15, 0.2) is 24.3 Å². The highest BCUT2D eigenvalue weighted by molar-refractivity contribution is 6.14. The topological polar surface area (TPSA) is 118 Å². The van der Waals surface area contributed by atoms with Crippen LogP contribution in [0.3, 0.4) is 0 Å². The lowest BCUT2D eigenvalue weighted by molar-refractivity contribution is -0.128. The van der Waals surface area contributed by atoms with E-state index in [1.165, 1.54) is 4.90 Å². The highest BCUT2D eigenvalue weighted by atomic mass is 16.5. The number of nitrogens with zero attached hydrogens (tertiary/aromatic N) is 1. The Morgan fingerprint density at radius 2 is 1.74 bits per heavy atom. The average Bonchev–Trinajstić information content (AvgIpc) is 3.01. The van der Waals surface area contributed by atoms with Gasteiger partial charge in [-0.15, -0.1) is 0 Å². The van der Waals surface area contributed by atoms with E-state index in [1.807, 2.05) is 0 Å². The number of para-hydroxylation sites is 2. The summed E-state index contributed by atoms with van der Waals surface area (Å²) in [6.45, 7) is 7.80. The number of ether oxygens (including phenoxy) is 2. The van der Waals surface area contributed by atoms with Crippen molar-refractivity contribution in [1.29, 1.82) is 0 Å². The third-order valence-corrected chi connectivity index (χ3v) is 5.21. The molecular formula is C22H25N3O6.